The van der Waals surface area contributed by atoms with Crippen LogP contribution in [0.5, 0.6) is 5.75 Å². The average Bonchev–Trinajstić information content (AvgIpc) is 2.64. The Bertz CT molecular complexity index is 743. The molecule has 0 radical (unpaired) electrons. The van der Waals surface area contributed by atoms with Crippen LogP contribution < -0.4 is 4.74 Å². The van der Waals surface area contributed by atoms with E-state index >= 15 is 0 Å². The van der Waals surface area contributed by atoms with Crippen molar-refractivity contribution in [3.05, 3.63) is 47.5 Å². The summed E-state index contributed by atoms with van der Waals surface area (Å²) in [6, 6.07) is 11.4. The Labute approximate surface area is 115 Å². The maximum absolute atomic E-state index is 11.8. The molecule has 0 amide bonds. The smallest absolute Gasteiger partial charge is 0.334 e. The fourth-order valence-corrected chi connectivity index (χ4v) is 2.29. The molecule has 0 spiro atoms. The largest absolute Gasteiger partial charge is 0.466 e. The highest BCUT2D eigenvalue weighted by atomic mass is 16.5. The minimum Gasteiger partial charge on any atom is -0.466 e. The average molecular weight is 268 g/mol. The van der Waals surface area contributed by atoms with Crippen LogP contribution in [0.2, 0.25) is 0 Å². The Hall–Kier alpha value is -2.62. The molecule has 0 fully saturated rings. The van der Waals surface area contributed by atoms with E-state index in [1.165, 1.54) is 7.11 Å². The van der Waals surface area contributed by atoms with Gasteiger partial charge >= 0.3 is 11.9 Å². The fourth-order valence-electron chi connectivity index (χ4n) is 2.29. The summed E-state index contributed by atoms with van der Waals surface area (Å²) < 4.78 is 10.1. The summed E-state index contributed by atoms with van der Waals surface area (Å²) >= 11 is 0. The number of methoxy groups -OCH3 is 1. The highest BCUT2D eigenvalue weighted by Crippen LogP contribution is 2.34. The third-order valence-corrected chi connectivity index (χ3v) is 3.24. The normalized spacial score (nSPS) is 14.1. The second-order valence-corrected chi connectivity index (χ2v) is 4.52. The van der Waals surface area contributed by atoms with Crippen molar-refractivity contribution in [1.29, 1.82) is 0 Å². The zero-order chi connectivity index (χ0) is 14.1. The van der Waals surface area contributed by atoms with Crippen LogP contribution in [-0.2, 0) is 14.3 Å². The SMILES string of the molecule is COC(=O)C1=Cc2ccc3ccccc3c2OC(=O)C1. The molecule has 4 heteroatoms. The molecule has 2 aromatic rings. The lowest BCUT2D eigenvalue weighted by molar-refractivity contribution is -0.139. The lowest BCUT2D eigenvalue weighted by Gasteiger charge is -2.08. The van der Waals surface area contributed by atoms with E-state index in [9.17, 15) is 9.59 Å². The molecule has 0 atom stereocenters. The Morgan fingerprint density at radius 2 is 2.00 bits per heavy atom. The van der Waals surface area contributed by atoms with Crippen LogP contribution in [-0.4, -0.2) is 19.0 Å². The molecule has 0 saturated heterocycles. The number of hydrogen-bond donors (Lipinski definition) is 0. The number of hydrogen-bond acceptors (Lipinski definition) is 4. The predicted molar refractivity (Wildman–Crippen MR) is 74.2 cm³/mol. The van der Waals surface area contributed by atoms with Gasteiger partial charge in [0.1, 0.15) is 5.75 Å². The summed E-state index contributed by atoms with van der Waals surface area (Å²) in [4.78, 5) is 23.5. The lowest BCUT2D eigenvalue weighted by atomic mass is 10.0. The van der Waals surface area contributed by atoms with Gasteiger partial charge in [-0.05, 0) is 11.5 Å². The quantitative estimate of drug-likeness (QED) is 0.589. The topological polar surface area (TPSA) is 52.6 Å². The van der Waals surface area contributed by atoms with Gasteiger partial charge in [0.2, 0.25) is 0 Å². The molecule has 4 nitrogen and oxygen atoms in total. The lowest BCUT2D eigenvalue weighted by Crippen LogP contribution is -2.12. The summed E-state index contributed by atoms with van der Waals surface area (Å²) in [6.07, 6.45) is 1.56. The summed E-state index contributed by atoms with van der Waals surface area (Å²) in [7, 11) is 1.29. The second kappa shape index (κ2) is 4.81. The Morgan fingerprint density at radius 3 is 2.80 bits per heavy atom. The Balaban J connectivity index is 2.23. The first-order valence-electron chi connectivity index (χ1n) is 6.20. The van der Waals surface area contributed by atoms with E-state index in [4.69, 9.17) is 4.74 Å². The molecule has 0 aliphatic carbocycles. The molecule has 20 heavy (non-hydrogen) atoms. The van der Waals surface area contributed by atoms with Gasteiger partial charge in [0.15, 0.2) is 0 Å². The third kappa shape index (κ3) is 2.05. The van der Waals surface area contributed by atoms with Crippen molar-refractivity contribution in [2.45, 2.75) is 6.42 Å². The van der Waals surface area contributed by atoms with E-state index in [-0.39, 0.29) is 6.42 Å². The molecule has 1 aliphatic rings. The van der Waals surface area contributed by atoms with Crippen LogP contribution in [0.15, 0.2) is 42.0 Å². The van der Waals surface area contributed by atoms with Crippen molar-refractivity contribution in [3.63, 3.8) is 0 Å². The van der Waals surface area contributed by atoms with Crippen LogP contribution in [0.3, 0.4) is 0 Å². The first-order chi connectivity index (χ1) is 9.69. The monoisotopic (exact) mass is 268 g/mol. The van der Waals surface area contributed by atoms with E-state index in [0.29, 0.717) is 16.9 Å². The van der Waals surface area contributed by atoms with E-state index in [0.717, 1.165) is 10.8 Å². The first kappa shape index (κ1) is 12.4. The molecule has 0 saturated carbocycles. The van der Waals surface area contributed by atoms with Gasteiger partial charge < -0.3 is 9.47 Å². The maximum Gasteiger partial charge on any atom is 0.334 e. The van der Waals surface area contributed by atoms with E-state index in [1.807, 2.05) is 36.4 Å². The summed E-state index contributed by atoms with van der Waals surface area (Å²) in [5, 5.41) is 1.83. The number of benzene rings is 2. The van der Waals surface area contributed by atoms with Gasteiger partial charge in [0.25, 0.3) is 0 Å². The van der Waals surface area contributed by atoms with Gasteiger partial charge in [-0.1, -0.05) is 36.4 Å². The number of ether oxygens (including phenoxy) is 2. The van der Waals surface area contributed by atoms with Crippen molar-refractivity contribution in [2.24, 2.45) is 0 Å². The number of carbonyl (C=O) groups is 2. The number of fused-ring (bicyclic) bond motifs is 3. The second-order valence-electron chi connectivity index (χ2n) is 4.52. The molecule has 3 rings (SSSR count). The van der Waals surface area contributed by atoms with Gasteiger partial charge in [-0.25, -0.2) is 4.79 Å². The standard InChI is InChI=1S/C16H12O4/c1-19-16(18)12-8-11-7-6-10-4-2-3-5-13(10)15(11)20-14(17)9-12/h2-8H,9H2,1H3. The third-order valence-electron chi connectivity index (χ3n) is 3.24. The van der Waals surface area contributed by atoms with Gasteiger partial charge in [-0.15, -0.1) is 0 Å². The van der Waals surface area contributed by atoms with Crippen LogP contribution in [0, 0.1) is 0 Å². The fraction of sp³-hybridized carbons (Fsp3) is 0.125. The van der Waals surface area contributed by atoms with Gasteiger partial charge in [-0.2, -0.15) is 0 Å². The Morgan fingerprint density at radius 1 is 1.20 bits per heavy atom. The van der Waals surface area contributed by atoms with Gasteiger partial charge in [0.05, 0.1) is 13.5 Å². The highest BCUT2D eigenvalue weighted by molar-refractivity contribution is 6.03. The predicted octanol–water partition coefficient (Wildman–Crippen LogP) is 2.71. The molecular formula is C16H12O4. The molecule has 0 N–H and O–H groups in total. The first-order valence-corrected chi connectivity index (χ1v) is 6.20. The van der Waals surface area contributed by atoms with Crippen LogP contribution >= 0.6 is 0 Å². The van der Waals surface area contributed by atoms with Crippen molar-refractivity contribution < 1.29 is 19.1 Å². The zero-order valence-corrected chi connectivity index (χ0v) is 10.9. The molecule has 100 valence electrons. The minimum atomic E-state index is -0.511. The summed E-state index contributed by atoms with van der Waals surface area (Å²) in [5.41, 5.74) is 1.00. The molecule has 2 aromatic carbocycles. The van der Waals surface area contributed by atoms with Crippen molar-refractivity contribution in [2.75, 3.05) is 7.11 Å². The van der Waals surface area contributed by atoms with Crippen LogP contribution in [0.25, 0.3) is 16.8 Å². The Kier molecular flexibility index (Phi) is 2.99. The van der Waals surface area contributed by atoms with E-state index in [1.54, 1.807) is 6.08 Å². The number of carbonyl (C=O) groups excluding carboxylic acids is 2. The van der Waals surface area contributed by atoms with Crippen LogP contribution in [0.1, 0.15) is 12.0 Å². The highest BCUT2D eigenvalue weighted by Gasteiger charge is 2.22. The molecule has 0 bridgehead atoms. The zero-order valence-electron chi connectivity index (χ0n) is 10.9. The number of esters is 2. The van der Waals surface area contributed by atoms with Crippen molar-refractivity contribution in [3.8, 4) is 5.75 Å². The maximum atomic E-state index is 11.8. The van der Waals surface area contributed by atoms with Gasteiger partial charge in [-0.3, -0.25) is 4.79 Å². The van der Waals surface area contributed by atoms with E-state index in [2.05, 4.69) is 4.74 Å². The summed E-state index contributed by atoms with van der Waals surface area (Å²) in [5.74, 6) is -0.480. The molecule has 1 aliphatic heterocycles. The van der Waals surface area contributed by atoms with E-state index < -0.39 is 11.9 Å². The molecule has 0 aromatic heterocycles. The summed E-state index contributed by atoms with van der Waals surface area (Å²) in [6.45, 7) is 0. The molecule has 0 unspecified atom stereocenters. The van der Waals surface area contributed by atoms with Crippen molar-refractivity contribution in [1.82, 2.24) is 0 Å². The molecule has 1 heterocycles. The van der Waals surface area contributed by atoms with Crippen molar-refractivity contribution >= 4 is 28.8 Å². The molecular weight excluding hydrogens is 256 g/mol. The minimum absolute atomic E-state index is 0.0876. The van der Waals surface area contributed by atoms with Gasteiger partial charge in [0, 0.05) is 16.5 Å². The van der Waals surface area contributed by atoms with Crippen LogP contribution in [0.4, 0.5) is 0 Å². The number of rotatable bonds is 1.